The summed E-state index contributed by atoms with van der Waals surface area (Å²) in [5, 5.41) is 0.376. The first-order valence-corrected chi connectivity index (χ1v) is 10.1. The van der Waals surface area contributed by atoms with Crippen molar-refractivity contribution in [2.45, 2.75) is 11.4 Å². The zero-order valence-corrected chi connectivity index (χ0v) is 16.9. The van der Waals surface area contributed by atoms with Gasteiger partial charge in [-0.25, -0.2) is 8.42 Å². The summed E-state index contributed by atoms with van der Waals surface area (Å²) in [5.41, 5.74) is 7.10. The van der Waals surface area contributed by atoms with Crippen LogP contribution < -0.4 is 5.73 Å². The van der Waals surface area contributed by atoms with Crippen LogP contribution in [0, 0.1) is 0 Å². The average molecular weight is 430 g/mol. The normalized spacial score (nSPS) is 15.3. The molecule has 0 unspecified atom stereocenters. The first-order chi connectivity index (χ1) is 12.4. The predicted molar refractivity (Wildman–Crippen MR) is 108 cm³/mol. The quantitative estimate of drug-likeness (QED) is 0.808. The lowest BCUT2D eigenvalue weighted by Crippen LogP contribution is -2.50. The van der Waals surface area contributed by atoms with E-state index in [4.69, 9.17) is 17.3 Å². The van der Waals surface area contributed by atoms with E-state index in [2.05, 4.69) is 0 Å². The molecule has 146 valence electrons. The monoisotopic (exact) mass is 429 g/mol. The maximum atomic E-state index is 12.7. The topological polar surface area (TPSA) is 83.7 Å². The summed E-state index contributed by atoms with van der Waals surface area (Å²) in [4.78, 5) is 14.4. The van der Waals surface area contributed by atoms with Crippen LogP contribution in [-0.4, -0.2) is 49.7 Å². The maximum Gasteiger partial charge on any atom is 0.253 e. The molecule has 3 rings (SSSR count). The Balaban J connectivity index is 0.00000261. The van der Waals surface area contributed by atoms with Crippen molar-refractivity contribution >= 4 is 39.9 Å². The molecule has 0 bridgehead atoms. The number of amides is 1. The Morgan fingerprint density at radius 1 is 1.04 bits per heavy atom. The molecule has 2 N–H and O–H groups in total. The van der Waals surface area contributed by atoms with Crippen molar-refractivity contribution in [3.63, 3.8) is 0 Å². The van der Waals surface area contributed by atoms with Crippen molar-refractivity contribution in [2.75, 3.05) is 26.2 Å². The minimum atomic E-state index is -3.61. The van der Waals surface area contributed by atoms with E-state index in [1.165, 1.54) is 16.4 Å². The van der Waals surface area contributed by atoms with Crippen LogP contribution in [0.1, 0.15) is 15.9 Å². The van der Waals surface area contributed by atoms with Crippen molar-refractivity contribution in [1.82, 2.24) is 9.21 Å². The third-order valence-corrected chi connectivity index (χ3v) is 6.53. The van der Waals surface area contributed by atoms with E-state index in [9.17, 15) is 13.2 Å². The molecule has 1 aliphatic heterocycles. The highest BCUT2D eigenvalue weighted by Crippen LogP contribution is 2.21. The second-order valence-corrected chi connectivity index (χ2v) is 8.43. The summed E-state index contributed by atoms with van der Waals surface area (Å²) in [6.45, 7) is 1.62. The van der Waals surface area contributed by atoms with Gasteiger partial charge in [-0.2, -0.15) is 4.31 Å². The van der Waals surface area contributed by atoms with Gasteiger partial charge in [0.2, 0.25) is 10.0 Å². The van der Waals surface area contributed by atoms with Crippen LogP contribution in [0.5, 0.6) is 0 Å². The molecule has 6 nitrogen and oxygen atoms in total. The van der Waals surface area contributed by atoms with Crippen molar-refractivity contribution < 1.29 is 13.2 Å². The average Bonchev–Trinajstić information content (AvgIpc) is 2.67. The molecule has 0 atom stereocenters. The minimum Gasteiger partial charge on any atom is -0.336 e. The fraction of sp³-hybridized carbons (Fsp3) is 0.278. The molecule has 0 radical (unpaired) electrons. The first kappa shape index (κ1) is 21.7. The summed E-state index contributed by atoms with van der Waals surface area (Å²) in [6, 6.07) is 13.4. The predicted octanol–water partition coefficient (Wildman–Crippen LogP) is 2.37. The van der Waals surface area contributed by atoms with Crippen LogP contribution in [0.3, 0.4) is 0 Å². The number of sulfonamides is 1. The standard InChI is InChI=1S/C18H20ClN3O3S.ClH/c19-16-2-1-3-17(12-16)26(24,25)22-10-8-21(9-11-22)18(23)15-6-4-14(13-20)5-7-15;/h1-7,12H,8-11,13,20H2;1H. The van der Waals surface area contributed by atoms with Crippen molar-refractivity contribution in [3.05, 3.63) is 64.7 Å². The molecule has 0 aromatic heterocycles. The van der Waals surface area contributed by atoms with Gasteiger partial charge < -0.3 is 10.6 Å². The summed E-state index contributed by atoms with van der Waals surface area (Å²) in [6.07, 6.45) is 0. The highest BCUT2D eigenvalue weighted by molar-refractivity contribution is 7.89. The van der Waals surface area contributed by atoms with E-state index in [1.807, 2.05) is 12.1 Å². The highest BCUT2D eigenvalue weighted by Gasteiger charge is 2.30. The zero-order chi connectivity index (χ0) is 18.7. The number of rotatable bonds is 4. The van der Waals surface area contributed by atoms with E-state index < -0.39 is 10.0 Å². The summed E-state index contributed by atoms with van der Waals surface area (Å²) < 4.78 is 26.8. The zero-order valence-electron chi connectivity index (χ0n) is 14.5. The van der Waals surface area contributed by atoms with Gasteiger partial charge in [-0.1, -0.05) is 29.8 Å². The Morgan fingerprint density at radius 2 is 1.67 bits per heavy atom. The van der Waals surface area contributed by atoms with Crippen LogP contribution in [0.25, 0.3) is 0 Å². The van der Waals surface area contributed by atoms with E-state index in [0.29, 0.717) is 30.2 Å². The van der Waals surface area contributed by atoms with Crippen molar-refractivity contribution in [1.29, 1.82) is 0 Å². The third-order valence-electron chi connectivity index (χ3n) is 4.40. The summed E-state index contributed by atoms with van der Waals surface area (Å²) in [5.74, 6) is -0.103. The number of carbonyl (C=O) groups excluding carboxylic acids is 1. The van der Waals surface area contributed by atoms with Gasteiger partial charge in [0.1, 0.15) is 0 Å². The molecule has 27 heavy (non-hydrogen) atoms. The van der Waals surface area contributed by atoms with E-state index in [0.717, 1.165) is 5.56 Å². The molecule has 1 amide bonds. The molecular weight excluding hydrogens is 409 g/mol. The molecule has 2 aromatic carbocycles. The Kier molecular flexibility index (Phi) is 7.25. The van der Waals surface area contributed by atoms with Gasteiger partial charge in [0.15, 0.2) is 0 Å². The van der Waals surface area contributed by atoms with Gasteiger partial charge in [-0.3, -0.25) is 4.79 Å². The summed E-state index contributed by atoms with van der Waals surface area (Å²) in [7, 11) is -3.61. The molecule has 2 aromatic rings. The number of halogens is 2. The second-order valence-electron chi connectivity index (χ2n) is 6.05. The van der Waals surface area contributed by atoms with Crippen LogP contribution in [0.4, 0.5) is 0 Å². The number of nitrogens with zero attached hydrogens (tertiary/aromatic N) is 2. The number of hydrogen-bond donors (Lipinski definition) is 1. The van der Waals surface area contributed by atoms with Crippen LogP contribution in [0.2, 0.25) is 5.02 Å². The van der Waals surface area contributed by atoms with Crippen LogP contribution in [0.15, 0.2) is 53.4 Å². The number of piperazine rings is 1. The van der Waals surface area contributed by atoms with Gasteiger partial charge in [-0.15, -0.1) is 12.4 Å². The van der Waals surface area contributed by atoms with Crippen LogP contribution >= 0.6 is 24.0 Å². The van der Waals surface area contributed by atoms with Crippen molar-refractivity contribution in [3.8, 4) is 0 Å². The number of nitrogens with two attached hydrogens (primary N) is 1. The molecule has 1 saturated heterocycles. The molecular formula is C18H21Cl2N3O3S. The Morgan fingerprint density at radius 3 is 2.22 bits per heavy atom. The molecule has 0 saturated carbocycles. The van der Waals surface area contributed by atoms with Crippen LogP contribution in [-0.2, 0) is 16.6 Å². The largest absolute Gasteiger partial charge is 0.336 e. The highest BCUT2D eigenvalue weighted by atomic mass is 35.5. The number of carbonyl (C=O) groups is 1. The number of benzene rings is 2. The third kappa shape index (κ3) is 4.80. The lowest BCUT2D eigenvalue weighted by atomic mass is 10.1. The lowest BCUT2D eigenvalue weighted by molar-refractivity contribution is 0.0698. The van der Waals surface area contributed by atoms with E-state index in [-0.39, 0.29) is 36.3 Å². The molecule has 9 heteroatoms. The first-order valence-electron chi connectivity index (χ1n) is 8.26. The maximum absolute atomic E-state index is 12.7. The van der Waals surface area contributed by atoms with Gasteiger partial charge in [-0.05, 0) is 35.9 Å². The minimum absolute atomic E-state index is 0. The summed E-state index contributed by atoms with van der Waals surface area (Å²) >= 11 is 5.90. The molecule has 1 heterocycles. The van der Waals surface area contributed by atoms with Gasteiger partial charge in [0.25, 0.3) is 5.91 Å². The number of hydrogen-bond acceptors (Lipinski definition) is 4. The Labute approximate surface area is 170 Å². The Bertz CT molecular complexity index is 896. The van der Waals surface area contributed by atoms with Gasteiger partial charge >= 0.3 is 0 Å². The van der Waals surface area contributed by atoms with E-state index in [1.54, 1.807) is 29.2 Å². The SMILES string of the molecule is Cl.NCc1ccc(C(=O)N2CCN(S(=O)(=O)c3cccc(Cl)c3)CC2)cc1. The lowest BCUT2D eigenvalue weighted by Gasteiger charge is -2.34. The fourth-order valence-electron chi connectivity index (χ4n) is 2.87. The van der Waals surface area contributed by atoms with Gasteiger partial charge in [0.05, 0.1) is 4.90 Å². The molecule has 0 aliphatic carbocycles. The second kappa shape index (κ2) is 9.03. The van der Waals surface area contributed by atoms with E-state index >= 15 is 0 Å². The van der Waals surface area contributed by atoms with Crippen molar-refractivity contribution in [2.24, 2.45) is 5.73 Å². The Hall–Kier alpha value is -1.64. The molecule has 1 aliphatic rings. The van der Waals surface area contributed by atoms with Gasteiger partial charge in [0, 0.05) is 43.3 Å². The molecule has 1 fully saturated rings. The fourth-order valence-corrected chi connectivity index (χ4v) is 4.60. The smallest absolute Gasteiger partial charge is 0.253 e. The molecule has 0 spiro atoms.